The molecule has 0 aliphatic carbocycles. The normalized spacial score (nSPS) is 10.4. The smallest absolute Gasteiger partial charge is 0.0911 e. The summed E-state index contributed by atoms with van der Waals surface area (Å²) in [5.41, 5.74) is 2.50. The first-order valence-corrected chi connectivity index (χ1v) is 4.39. The molecule has 0 radical (unpaired) electrons. The van der Waals surface area contributed by atoms with E-state index < -0.39 is 0 Å². The molecule has 1 aromatic heterocycles. The Balaban J connectivity index is 2.50. The van der Waals surface area contributed by atoms with E-state index in [-0.39, 0.29) is 6.61 Å². The number of aryl methyl sites for hydroxylation is 1. The summed E-state index contributed by atoms with van der Waals surface area (Å²) in [4.78, 5) is 1.53. The Bertz CT molecular complexity index is 436. The van der Waals surface area contributed by atoms with E-state index in [1.807, 2.05) is 31.2 Å². The molecule has 14 heavy (non-hydrogen) atoms. The Morgan fingerprint density at radius 2 is 2.14 bits per heavy atom. The van der Waals surface area contributed by atoms with Crippen LogP contribution < -0.4 is 0 Å². The molecule has 0 saturated heterocycles. The highest BCUT2D eigenvalue weighted by Crippen LogP contribution is 2.12. The van der Waals surface area contributed by atoms with Gasteiger partial charge in [0.15, 0.2) is 0 Å². The first-order chi connectivity index (χ1) is 6.81. The minimum absolute atomic E-state index is 0.00321. The molecule has 4 heteroatoms. The third-order valence-corrected chi connectivity index (χ3v) is 1.98. The second-order valence-electron chi connectivity index (χ2n) is 3.06. The molecule has 1 aromatic carbocycles. The van der Waals surface area contributed by atoms with E-state index in [0.717, 1.165) is 16.9 Å². The lowest BCUT2D eigenvalue weighted by Crippen LogP contribution is -2.03. The molecule has 4 nitrogen and oxygen atoms in total. The molecule has 0 amide bonds. The zero-order chi connectivity index (χ0) is 9.97. The number of aliphatic hydroxyl groups is 1. The number of benzene rings is 1. The maximum atomic E-state index is 9.12. The van der Waals surface area contributed by atoms with Crippen molar-refractivity contribution in [1.82, 2.24) is 15.0 Å². The van der Waals surface area contributed by atoms with Gasteiger partial charge in [0, 0.05) is 5.56 Å². The largest absolute Gasteiger partial charge is 0.392 e. The van der Waals surface area contributed by atoms with Crippen LogP contribution in [0.15, 0.2) is 30.5 Å². The Morgan fingerprint density at radius 3 is 2.79 bits per heavy atom. The van der Waals surface area contributed by atoms with E-state index in [1.54, 1.807) is 6.20 Å². The van der Waals surface area contributed by atoms with E-state index >= 15 is 0 Å². The van der Waals surface area contributed by atoms with E-state index in [9.17, 15) is 0 Å². The van der Waals surface area contributed by atoms with Gasteiger partial charge in [-0.1, -0.05) is 18.2 Å². The van der Waals surface area contributed by atoms with Gasteiger partial charge in [0.05, 0.1) is 24.2 Å². The van der Waals surface area contributed by atoms with Crippen molar-refractivity contribution in [1.29, 1.82) is 0 Å². The SMILES string of the molecule is Cc1cnn(-c2ccccc2CO)n1. The van der Waals surface area contributed by atoms with Crippen LogP contribution in [0.5, 0.6) is 0 Å². The van der Waals surface area contributed by atoms with Crippen LogP contribution in [0.3, 0.4) is 0 Å². The van der Waals surface area contributed by atoms with Gasteiger partial charge in [0.2, 0.25) is 0 Å². The molecule has 1 N–H and O–H groups in total. The Labute approximate surface area is 81.8 Å². The van der Waals surface area contributed by atoms with Crippen LogP contribution in [-0.4, -0.2) is 20.1 Å². The van der Waals surface area contributed by atoms with Crippen molar-refractivity contribution in [3.8, 4) is 5.69 Å². The Hall–Kier alpha value is -1.68. The molecule has 0 aliphatic rings. The monoisotopic (exact) mass is 189 g/mol. The van der Waals surface area contributed by atoms with Crippen molar-refractivity contribution in [2.24, 2.45) is 0 Å². The highest BCUT2D eigenvalue weighted by Gasteiger charge is 2.04. The van der Waals surface area contributed by atoms with Gasteiger partial charge in [0.1, 0.15) is 0 Å². The first-order valence-electron chi connectivity index (χ1n) is 4.39. The fourth-order valence-electron chi connectivity index (χ4n) is 1.30. The zero-order valence-electron chi connectivity index (χ0n) is 7.88. The summed E-state index contributed by atoms with van der Waals surface area (Å²) in [6.07, 6.45) is 1.69. The lowest BCUT2D eigenvalue weighted by atomic mass is 10.2. The van der Waals surface area contributed by atoms with Crippen LogP contribution in [0.25, 0.3) is 5.69 Å². The molecule has 1 heterocycles. The minimum Gasteiger partial charge on any atom is -0.392 e. The minimum atomic E-state index is -0.00321. The maximum Gasteiger partial charge on any atom is 0.0911 e. The van der Waals surface area contributed by atoms with Crippen molar-refractivity contribution in [2.75, 3.05) is 0 Å². The molecule has 72 valence electrons. The van der Waals surface area contributed by atoms with Crippen molar-refractivity contribution in [3.05, 3.63) is 41.7 Å². The van der Waals surface area contributed by atoms with Gasteiger partial charge in [-0.25, -0.2) is 0 Å². The molecule has 2 rings (SSSR count). The predicted octanol–water partition coefficient (Wildman–Crippen LogP) is 1.07. The average molecular weight is 189 g/mol. The van der Waals surface area contributed by atoms with Crippen LogP contribution >= 0.6 is 0 Å². The van der Waals surface area contributed by atoms with Gasteiger partial charge in [0.25, 0.3) is 0 Å². The first kappa shape index (κ1) is 8.90. The van der Waals surface area contributed by atoms with Crippen molar-refractivity contribution >= 4 is 0 Å². The summed E-state index contributed by atoms with van der Waals surface area (Å²) in [5, 5.41) is 17.4. The molecular formula is C10H11N3O. The quantitative estimate of drug-likeness (QED) is 0.768. The van der Waals surface area contributed by atoms with Crippen LogP contribution in [0, 0.1) is 6.92 Å². The number of hydrogen-bond donors (Lipinski definition) is 1. The van der Waals surface area contributed by atoms with Gasteiger partial charge in [-0.15, -0.1) is 0 Å². The molecular weight excluding hydrogens is 178 g/mol. The molecule has 0 saturated carbocycles. The van der Waals surface area contributed by atoms with Crippen LogP contribution in [0.1, 0.15) is 11.3 Å². The topological polar surface area (TPSA) is 50.9 Å². The maximum absolute atomic E-state index is 9.12. The summed E-state index contributed by atoms with van der Waals surface area (Å²) in [7, 11) is 0. The Kier molecular flexibility index (Phi) is 2.28. The molecule has 0 fully saturated rings. The van der Waals surface area contributed by atoms with Gasteiger partial charge >= 0.3 is 0 Å². The summed E-state index contributed by atoms with van der Waals surface area (Å²) in [5.74, 6) is 0. The second-order valence-corrected chi connectivity index (χ2v) is 3.06. The van der Waals surface area contributed by atoms with Gasteiger partial charge in [-0.2, -0.15) is 15.0 Å². The van der Waals surface area contributed by atoms with E-state index in [2.05, 4.69) is 10.2 Å². The summed E-state index contributed by atoms with van der Waals surface area (Å²) in [6, 6.07) is 7.51. The number of nitrogens with zero attached hydrogens (tertiary/aromatic N) is 3. The molecule has 0 atom stereocenters. The van der Waals surface area contributed by atoms with E-state index in [1.165, 1.54) is 4.80 Å². The third-order valence-electron chi connectivity index (χ3n) is 1.98. The lowest BCUT2D eigenvalue weighted by molar-refractivity contribution is 0.281. The number of aliphatic hydroxyl groups excluding tert-OH is 1. The fraction of sp³-hybridized carbons (Fsp3) is 0.200. The number of rotatable bonds is 2. The molecule has 0 bridgehead atoms. The van der Waals surface area contributed by atoms with Crippen LogP contribution in [0.2, 0.25) is 0 Å². The van der Waals surface area contributed by atoms with Gasteiger partial charge in [-0.05, 0) is 13.0 Å². The Morgan fingerprint density at radius 1 is 1.36 bits per heavy atom. The van der Waals surface area contributed by atoms with E-state index in [4.69, 9.17) is 5.11 Å². The summed E-state index contributed by atoms with van der Waals surface area (Å²) < 4.78 is 0. The standard InChI is InChI=1S/C10H11N3O/c1-8-6-11-13(12-8)10-5-3-2-4-9(10)7-14/h2-6,14H,7H2,1H3. The van der Waals surface area contributed by atoms with Gasteiger partial charge < -0.3 is 5.11 Å². The lowest BCUT2D eigenvalue weighted by Gasteiger charge is -2.04. The zero-order valence-corrected chi connectivity index (χ0v) is 7.88. The second kappa shape index (κ2) is 3.59. The summed E-state index contributed by atoms with van der Waals surface area (Å²) >= 11 is 0. The van der Waals surface area contributed by atoms with Crippen molar-refractivity contribution in [3.63, 3.8) is 0 Å². The highest BCUT2D eigenvalue weighted by atomic mass is 16.3. The predicted molar refractivity (Wildman–Crippen MR) is 52.0 cm³/mol. The number of para-hydroxylation sites is 1. The fourth-order valence-corrected chi connectivity index (χ4v) is 1.30. The van der Waals surface area contributed by atoms with Crippen molar-refractivity contribution < 1.29 is 5.11 Å². The highest BCUT2D eigenvalue weighted by molar-refractivity contribution is 5.38. The van der Waals surface area contributed by atoms with E-state index in [0.29, 0.717) is 0 Å². The summed E-state index contributed by atoms with van der Waals surface area (Å²) in [6.45, 7) is 1.88. The molecule has 2 aromatic rings. The number of aromatic nitrogens is 3. The third kappa shape index (κ3) is 1.52. The van der Waals surface area contributed by atoms with Crippen molar-refractivity contribution in [2.45, 2.75) is 13.5 Å². The number of hydrogen-bond acceptors (Lipinski definition) is 3. The van der Waals surface area contributed by atoms with Crippen LogP contribution in [-0.2, 0) is 6.61 Å². The molecule has 0 unspecified atom stereocenters. The average Bonchev–Trinajstić information content (AvgIpc) is 2.65. The van der Waals surface area contributed by atoms with Crippen LogP contribution in [0.4, 0.5) is 0 Å². The van der Waals surface area contributed by atoms with Gasteiger partial charge in [-0.3, -0.25) is 0 Å². The molecule has 0 spiro atoms. The molecule has 0 aliphatic heterocycles.